The maximum Gasteiger partial charge on any atom is 0.152 e. The highest BCUT2D eigenvalue weighted by Crippen LogP contribution is 2.27. The van der Waals surface area contributed by atoms with Gasteiger partial charge >= 0.3 is 0 Å². The molecule has 0 aromatic heterocycles. The third-order valence-electron chi connectivity index (χ3n) is 2.98. The van der Waals surface area contributed by atoms with Crippen molar-refractivity contribution < 1.29 is 14.6 Å². The quantitative estimate of drug-likeness (QED) is 0.800. The normalized spacial score (nSPS) is 29.9. The number of likely N-dealkylation sites (N-methyl/N-ethyl adjacent to an activating group) is 1. The maximum absolute atomic E-state index is 11.8. The zero-order valence-electron chi connectivity index (χ0n) is 10.2. The minimum atomic E-state index is -0.483. The molecule has 0 aromatic rings. The molecule has 5 heteroatoms. The number of rotatable bonds is 4. The van der Waals surface area contributed by atoms with Crippen LogP contribution in [0.3, 0.4) is 0 Å². The van der Waals surface area contributed by atoms with Gasteiger partial charge in [0.2, 0.25) is 0 Å². The molecule has 1 fully saturated rings. The van der Waals surface area contributed by atoms with Crippen LogP contribution in [0.25, 0.3) is 0 Å². The average molecular weight is 252 g/mol. The Labute approximate surface area is 103 Å². The first kappa shape index (κ1) is 15.8. The van der Waals surface area contributed by atoms with Gasteiger partial charge in [0.25, 0.3) is 0 Å². The number of Topliss-reactive ketones (excluding diaryl/α,β-unsaturated/α-hetero) is 1. The number of ketones is 1. The lowest BCUT2D eigenvalue weighted by Crippen LogP contribution is -2.40. The van der Waals surface area contributed by atoms with Gasteiger partial charge in [-0.15, -0.1) is 12.4 Å². The van der Waals surface area contributed by atoms with Gasteiger partial charge in [0.1, 0.15) is 0 Å². The number of ether oxygens (including phenoxy) is 1. The summed E-state index contributed by atoms with van der Waals surface area (Å²) in [7, 11) is 5.39. The van der Waals surface area contributed by atoms with Crippen molar-refractivity contribution in [2.45, 2.75) is 31.5 Å². The van der Waals surface area contributed by atoms with Gasteiger partial charge in [-0.3, -0.25) is 4.79 Å². The van der Waals surface area contributed by atoms with Crippen molar-refractivity contribution in [2.75, 3.05) is 27.7 Å². The molecule has 96 valence electrons. The average Bonchev–Trinajstić information content (AvgIpc) is 2.17. The first-order valence-corrected chi connectivity index (χ1v) is 5.43. The lowest BCUT2D eigenvalue weighted by Gasteiger charge is -2.32. The number of aliphatic hydroxyl groups is 1. The number of carbonyl (C=O) groups excluding carboxylic acids is 1. The Morgan fingerprint density at radius 1 is 1.44 bits per heavy atom. The molecule has 0 bridgehead atoms. The third-order valence-corrected chi connectivity index (χ3v) is 2.98. The fourth-order valence-corrected chi connectivity index (χ4v) is 2.11. The van der Waals surface area contributed by atoms with E-state index in [1.165, 1.54) is 0 Å². The molecule has 16 heavy (non-hydrogen) atoms. The van der Waals surface area contributed by atoms with Gasteiger partial charge in [0.15, 0.2) is 5.78 Å². The van der Waals surface area contributed by atoms with Crippen molar-refractivity contribution in [3.05, 3.63) is 0 Å². The number of methoxy groups -OCH3 is 1. The first-order chi connectivity index (χ1) is 7.04. The second kappa shape index (κ2) is 7.22. The molecule has 1 aliphatic carbocycles. The number of carbonyl (C=O) groups is 1. The van der Waals surface area contributed by atoms with Crippen LogP contribution in [-0.2, 0) is 9.53 Å². The fraction of sp³-hybridized carbons (Fsp3) is 0.909. The molecule has 0 aromatic carbocycles. The molecule has 1 saturated carbocycles. The van der Waals surface area contributed by atoms with Gasteiger partial charge in [-0.2, -0.15) is 0 Å². The smallest absolute Gasteiger partial charge is 0.152 e. The van der Waals surface area contributed by atoms with Crippen LogP contribution in [0.15, 0.2) is 0 Å². The molecule has 1 N–H and O–H groups in total. The van der Waals surface area contributed by atoms with Crippen molar-refractivity contribution in [1.29, 1.82) is 0 Å². The number of hydrogen-bond donors (Lipinski definition) is 1. The topological polar surface area (TPSA) is 49.8 Å². The van der Waals surface area contributed by atoms with Crippen molar-refractivity contribution in [1.82, 2.24) is 4.90 Å². The van der Waals surface area contributed by atoms with Crippen LogP contribution in [0.1, 0.15) is 19.3 Å². The molecule has 0 saturated heterocycles. The predicted molar refractivity (Wildman–Crippen MR) is 65.0 cm³/mol. The molecular weight excluding hydrogens is 230 g/mol. The van der Waals surface area contributed by atoms with Crippen molar-refractivity contribution in [3.63, 3.8) is 0 Å². The van der Waals surface area contributed by atoms with Crippen LogP contribution in [0.4, 0.5) is 0 Å². The van der Waals surface area contributed by atoms with Gasteiger partial charge in [0.05, 0.1) is 18.8 Å². The van der Waals surface area contributed by atoms with Crippen molar-refractivity contribution in [3.8, 4) is 0 Å². The van der Waals surface area contributed by atoms with Gasteiger partial charge < -0.3 is 14.7 Å². The van der Waals surface area contributed by atoms with Crippen molar-refractivity contribution in [2.24, 2.45) is 5.92 Å². The summed E-state index contributed by atoms with van der Waals surface area (Å²) in [4.78, 5) is 13.7. The van der Waals surface area contributed by atoms with E-state index >= 15 is 0 Å². The summed E-state index contributed by atoms with van der Waals surface area (Å²) in [5, 5.41) is 9.77. The van der Waals surface area contributed by atoms with Crippen LogP contribution in [0.5, 0.6) is 0 Å². The summed E-state index contributed by atoms with van der Waals surface area (Å²) >= 11 is 0. The van der Waals surface area contributed by atoms with E-state index in [-0.39, 0.29) is 30.2 Å². The second-order valence-electron chi connectivity index (χ2n) is 4.55. The molecule has 0 heterocycles. The highest BCUT2D eigenvalue weighted by molar-refractivity contribution is 5.85. The van der Waals surface area contributed by atoms with Gasteiger partial charge in [0, 0.05) is 13.0 Å². The van der Waals surface area contributed by atoms with Crippen LogP contribution < -0.4 is 0 Å². The van der Waals surface area contributed by atoms with Crippen molar-refractivity contribution >= 4 is 18.2 Å². The minimum Gasteiger partial charge on any atom is -0.392 e. The van der Waals surface area contributed by atoms with E-state index in [4.69, 9.17) is 4.74 Å². The molecule has 3 unspecified atom stereocenters. The highest BCUT2D eigenvalue weighted by Gasteiger charge is 2.33. The monoisotopic (exact) mass is 251 g/mol. The third kappa shape index (κ3) is 4.37. The van der Waals surface area contributed by atoms with Crippen LogP contribution in [0.2, 0.25) is 0 Å². The zero-order valence-corrected chi connectivity index (χ0v) is 11.0. The largest absolute Gasteiger partial charge is 0.392 e. The minimum absolute atomic E-state index is 0. The number of aliphatic hydroxyl groups excluding tert-OH is 1. The van der Waals surface area contributed by atoms with Crippen LogP contribution >= 0.6 is 12.4 Å². The second-order valence-corrected chi connectivity index (χ2v) is 4.55. The number of nitrogens with zero attached hydrogens (tertiary/aromatic N) is 1. The maximum atomic E-state index is 11.8. The lowest BCUT2D eigenvalue weighted by atomic mass is 9.82. The Morgan fingerprint density at radius 3 is 2.56 bits per heavy atom. The van der Waals surface area contributed by atoms with E-state index in [1.54, 1.807) is 7.11 Å². The standard InChI is InChI=1S/C11H21NO3.ClH/c1-12(2)7-11(14)9-6-8(15-3)4-5-10(9)13;/h8-10,13H,4-7H2,1-3H3;1H. The Balaban J connectivity index is 0.00000225. The summed E-state index contributed by atoms with van der Waals surface area (Å²) in [5.41, 5.74) is 0. The van der Waals surface area contributed by atoms with Gasteiger partial charge in [-0.1, -0.05) is 0 Å². The summed E-state index contributed by atoms with van der Waals surface area (Å²) < 4.78 is 5.25. The van der Waals surface area contributed by atoms with E-state index in [9.17, 15) is 9.90 Å². The van der Waals surface area contributed by atoms with Gasteiger partial charge in [-0.25, -0.2) is 0 Å². The number of hydrogen-bond acceptors (Lipinski definition) is 4. The summed E-state index contributed by atoms with van der Waals surface area (Å²) in [6.07, 6.45) is 1.82. The Morgan fingerprint density at radius 2 is 2.06 bits per heavy atom. The number of halogens is 1. The molecule has 0 amide bonds. The fourth-order valence-electron chi connectivity index (χ4n) is 2.11. The van der Waals surface area contributed by atoms with E-state index in [1.807, 2.05) is 19.0 Å². The molecule has 1 aliphatic rings. The molecule has 4 nitrogen and oxygen atoms in total. The SMILES string of the molecule is COC1CCC(O)C(C(=O)CN(C)C)C1.Cl. The van der Waals surface area contributed by atoms with E-state index < -0.39 is 6.10 Å². The van der Waals surface area contributed by atoms with E-state index in [0.29, 0.717) is 19.4 Å². The molecule has 1 rings (SSSR count). The summed E-state index contributed by atoms with van der Waals surface area (Å²) in [5.74, 6) is -0.125. The molecule has 0 spiro atoms. The van der Waals surface area contributed by atoms with Gasteiger partial charge in [-0.05, 0) is 33.4 Å². The Bertz CT molecular complexity index is 223. The molecule has 3 atom stereocenters. The van der Waals surface area contributed by atoms with E-state index in [0.717, 1.165) is 6.42 Å². The molecule has 0 aliphatic heterocycles. The van der Waals surface area contributed by atoms with E-state index in [2.05, 4.69) is 0 Å². The Hall–Kier alpha value is -0.160. The summed E-state index contributed by atoms with van der Waals surface area (Å²) in [6, 6.07) is 0. The Kier molecular flexibility index (Phi) is 7.15. The zero-order chi connectivity index (χ0) is 11.4. The van der Waals surface area contributed by atoms with Crippen LogP contribution in [-0.4, -0.2) is 55.7 Å². The highest BCUT2D eigenvalue weighted by atomic mass is 35.5. The molecule has 0 radical (unpaired) electrons. The lowest BCUT2D eigenvalue weighted by molar-refractivity contribution is -0.131. The van der Waals surface area contributed by atoms with Crippen LogP contribution in [0, 0.1) is 5.92 Å². The summed E-state index contributed by atoms with van der Waals surface area (Å²) in [6.45, 7) is 0.401. The first-order valence-electron chi connectivity index (χ1n) is 5.43. The molecular formula is C11H22ClNO3. The predicted octanol–water partition coefficient (Wildman–Crippen LogP) is 0.715.